The minimum absolute atomic E-state index is 0.0475. The van der Waals surface area contributed by atoms with Gasteiger partial charge < -0.3 is 17.7 Å². The topological polar surface area (TPSA) is 36.9 Å². The quantitative estimate of drug-likeness (QED) is 0.596. The summed E-state index contributed by atoms with van der Waals surface area (Å²) >= 11 is 0. The van der Waals surface area contributed by atoms with Gasteiger partial charge in [0.15, 0.2) is 0 Å². The van der Waals surface area contributed by atoms with E-state index in [0.29, 0.717) is 26.4 Å². The molecule has 0 unspecified atom stereocenters. The van der Waals surface area contributed by atoms with Crippen molar-refractivity contribution in [2.24, 2.45) is 5.41 Å². The zero-order valence-electron chi connectivity index (χ0n) is 7.46. The first-order chi connectivity index (χ1) is 5.68. The van der Waals surface area contributed by atoms with Crippen LogP contribution in [0.2, 0.25) is 0 Å². The molecule has 5 heteroatoms. The maximum Gasteiger partial charge on any atom is 0.679 e. The SMILES string of the molecule is CCO[Si]12OCC(C)(CO1)CO2. The van der Waals surface area contributed by atoms with E-state index in [4.69, 9.17) is 17.7 Å². The van der Waals surface area contributed by atoms with Gasteiger partial charge in [0.25, 0.3) is 0 Å². The Labute approximate surface area is 73.2 Å². The molecule has 3 heterocycles. The molecule has 0 atom stereocenters. The zero-order valence-corrected chi connectivity index (χ0v) is 8.46. The van der Waals surface area contributed by atoms with E-state index in [1.54, 1.807) is 0 Å². The Bertz CT molecular complexity index is 160. The van der Waals surface area contributed by atoms with Gasteiger partial charge in [-0.3, -0.25) is 0 Å². The molecule has 3 aliphatic rings. The van der Waals surface area contributed by atoms with Crippen molar-refractivity contribution in [3.8, 4) is 0 Å². The third kappa shape index (κ3) is 1.31. The van der Waals surface area contributed by atoms with Gasteiger partial charge in [-0.25, -0.2) is 0 Å². The van der Waals surface area contributed by atoms with Crippen LogP contribution >= 0.6 is 0 Å². The summed E-state index contributed by atoms with van der Waals surface area (Å²) in [6.45, 7) is 6.72. The molecule has 0 spiro atoms. The summed E-state index contributed by atoms with van der Waals surface area (Å²) in [4.78, 5) is 0. The lowest BCUT2D eigenvalue weighted by molar-refractivity contribution is -0.173. The van der Waals surface area contributed by atoms with Crippen molar-refractivity contribution in [1.29, 1.82) is 0 Å². The van der Waals surface area contributed by atoms with E-state index in [1.165, 1.54) is 0 Å². The van der Waals surface area contributed by atoms with Crippen LogP contribution < -0.4 is 0 Å². The molecule has 3 aliphatic heterocycles. The minimum atomic E-state index is -2.64. The molecule has 0 amide bonds. The highest BCUT2D eigenvalue weighted by molar-refractivity contribution is 6.54. The van der Waals surface area contributed by atoms with Crippen LogP contribution in [0.4, 0.5) is 0 Å². The van der Waals surface area contributed by atoms with Gasteiger partial charge in [0.2, 0.25) is 0 Å². The Balaban J connectivity index is 2.04. The van der Waals surface area contributed by atoms with Crippen molar-refractivity contribution in [2.75, 3.05) is 26.4 Å². The third-order valence-corrected chi connectivity index (χ3v) is 4.25. The molecule has 70 valence electrons. The van der Waals surface area contributed by atoms with E-state index >= 15 is 0 Å². The standard InChI is InChI=1S/C7H14O4Si/c1-3-8-12-9-4-7(2,5-10-12)6-11-12/h3-6H2,1-2H3. The monoisotopic (exact) mass is 190 g/mol. The van der Waals surface area contributed by atoms with Gasteiger partial charge in [-0.15, -0.1) is 0 Å². The minimum Gasteiger partial charge on any atom is -0.351 e. The van der Waals surface area contributed by atoms with Crippen LogP contribution in [0.15, 0.2) is 0 Å². The molecule has 0 saturated carbocycles. The molecule has 0 N–H and O–H groups in total. The zero-order chi connectivity index (χ0) is 8.66. The second kappa shape index (κ2) is 2.78. The van der Waals surface area contributed by atoms with Crippen molar-refractivity contribution in [1.82, 2.24) is 0 Å². The summed E-state index contributed by atoms with van der Waals surface area (Å²) in [7, 11) is -2.64. The lowest BCUT2D eigenvalue weighted by Crippen LogP contribution is -2.64. The van der Waals surface area contributed by atoms with Crippen LogP contribution in [0.1, 0.15) is 13.8 Å². The number of hydrogen-bond donors (Lipinski definition) is 0. The number of hydrogen-bond acceptors (Lipinski definition) is 4. The molecule has 3 saturated heterocycles. The molecule has 0 aromatic rings. The highest BCUT2D eigenvalue weighted by atomic mass is 28.4. The Morgan fingerprint density at radius 1 is 1.25 bits per heavy atom. The third-order valence-electron chi connectivity index (χ3n) is 2.11. The maximum atomic E-state index is 5.48. The van der Waals surface area contributed by atoms with Gasteiger partial charge in [0.1, 0.15) is 0 Å². The average molecular weight is 190 g/mol. The molecule has 3 fully saturated rings. The highest BCUT2D eigenvalue weighted by Gasteiger charge is 2.57. The van der Waals surface area contributed by atoms with Gasteiger partial charge in [-0.1, -0.05) is 6.92 Å². The van der Waals surface area contributed by atoms with Crippen molar-refractivity contribution in [3.05, 3.63) is 0 Å². The van der Waals surface area contributed by atoms with E-state index in [-0.39, 0.29) is 5.41 Å². The van der Waals surface area contributed by atoms with Crippen LogP contribution in [0.3, 0.4) is 0 Å². The Kier molecular flexibility index (Phi) is 2.00. The largest absolute Gasteiger partial charge is 0.679 e. The fraction of sp³-hybridized carbons (Fsp3) is 1.00. The summed E-state index contributed by atoms with van der Waals surface area (Å²) in [6, 6.07) is 0. The van der Waals surface area contributed by atoms with E-state index in [0.717, 1.165) is 0 Å². The van der Waals surface area contributed by atoms with Crippen LogP contribution in [0.25, 0.3) is 0 Å². The predicted octanol–water partition coefficient (Wildman–Crippen LogP) is 0.542. The van der Waals surface area contributed by atoms with Gasteiger partial charge in [-0.2, -0.15) is 0 Å². The Hall–Kier alpha value is 0.0569. The van der Waals surface area contributed by atoms with Crippen molar-refractivity contribution >= 4 is 9.05 Å². The Morgan fingerprint density at radius 3 is 2.17 bits per heavy atom. The van der Waals surface area contributed by atoms with Crippen LogP contribution in [0.5, 0.6) is 0 Å². The summed E-state index contributed by atoms with van der Waals surface area (Å²) < 4.78 is 21.8. The number of rotatable bonds is 2. The van der Waals surface area contributed by atoms with E-state index in [9.17, 15) is 0 Å². The molecule has 0 aromatic heterocycles. The first kappa shape index (κ1) is 8.65. The van der Waals surface area contributed by atoms with Gasteiger partial charge in [0.05, 0.1) is 19.8 Å². The molecule has 0 aromatic carbocycles. The van der Waals surface area contributed by atoms with Gasteiger partial charge in [0, 0.05) is 12.0 Å². The van der Waals surface area contributed by atoms with Crippen molar-refractivity contribution in [2.45, 2.75) is 13.8 Å². The first-order valence-electron chi connectivity index (χ1n) is 4.24. The molecular formula is C7H14O4Si. The molecule has 12 heavy (non-hydrogen) atoms. The molecule has 0 aliphatic carbocycles. The molecule has 3 rings (SSSR count). The molecule has 4 nitrogen and oxygen atoms in total. The van der Waals surface area contributed by atoms with E-state index < -0.39 is 9.05 Å². The van der Waals surface area contributed by atoms with Gasteiger partial charge >= 0.3 is 9.05 Å². The van der Waals surface area contributed by atoms with E-state index in [1.807, 2.05) is 6.92 Å². The van der Waals surface area contributed by atoms with Crippen molar-refractivity contribution in [3.63, 3.8) is 0 Å². The maximum absolute atomic E-state index is 5.48. The fourth-order valence-electron chi connectivity index (χ4n) is 1.34. The average Bonchev–Trinajstić information content (AvgIpc) is 2.08. The Morgan fingerprint density at radius 2 is 1.75 bits per heavy atom. The van der Waals surface area contributed by atoms with Crippen molar-refractivity contribution < 1.29 is 17.7 Å². The van der Waals surface area contributed by atoms with Crippen LogP contribution in [-0.4, -0.2) is 35.5 Å². The summed E-state index contributed by atoms with van der Waals surface area (Å²) in [5.41, 5.74) is 0.0475. The summed E-state index contributed by atoms with van der Waals surface area (Å²) in [6.07, 6.45) is 0. The molecule has 2 bridgehead atoms. The summed E-state index contributed by atoms with van der Waals surface area (Å²) in [5.74, 6) is 0. The van der Waals surface area contributed by atoms with Gasteiger partial charge in [-0.05, 0) is 6.92 Å². The highest BCUT2D eigenvalue weighted by Crippen LogP contribution is 2.35. The number of fused-ring (bicyclic) bond motifs is 3. The fourth-order valence-corrected chi connectivity index (χ4v) is 3.77. The smallest absolute Gasteiger partial charge is 0.351 e. The predicted molar refractivity (Wildman–Crippen MR) is 43.3 cm³/mol. The first-order valence-corrected chi connectivity index (χ1v) is 5.87. The second-order valence-corrected chi connectivity index (χ2v) is 5.76. The molecular weight excluding hydrogens is 176 g/mol. The van der Waals surface area contributed by atoms with E-state index in [2.05, 4.69) is 6.92 Å². The van der Waals surface area contributed by atoms with Crippen LogP contribution in [-0.2, 0) is 17.7 Å². The second-order valence-electron chi connectivity index (χ2n) is 3.61. The molecule has 0 radical (unpaired) electrons. The van der Waals surface area contributed by atoms with Crippen LogP contribution in [0, 0.1) is 5.41 Å². The summed E-state index contributed by atoms with van der Waals surface area (Å²) in [5, 5.41) is 0. The lowest BCUT2D eigenvalue weighted by Gasteiger charge is -2.46. The normalized spacial score (nSPS) is 46.5. The lowest BCUT2D eigenvalue weighted by atomic mass is 9.95.